The van der Waals surface area contributed by atoms with Gasteiger partial charge in [0.1, 0.15) is 5.75 Å². The lowest BCUT2D eigenvalue weighted by atomic mass is 10.1. The fourth-order valence-corrected chi connectivity index (χ4v) is 3.63. The molecule has 29 heavy (non-hydrogen) atoms. The third-order valence-corrected chi connectivity index (χ3v) is 4.98. The Hall–Kier alpha value is -3.55. The van der Waals surface area contributed by atoms with Gasteiger partial charge in [0.05, 0.1) is 17.3 Å². The van der Waals surface area contributed by atoms with Crippen LogP contribution in [0.3, 0.4) is 0 Å². The predicted molar refractivity (Wildman–Crippen MR) is 105 cm³/mol. The predicted octanol–water partition coefficient (Wildman–Crippen LogP) is 4.10. The maximum Gasteiger partial charge on any atom is 0.387 e. The number of benzene rings is 1. The van der Waals surface area contributed by atoms with Crippen molar-refractivity contribution < 1.29 is 13.5 Å². The minimum atomic E-state index is -2.91. The van der Waals surface area contributed by atoms with Crippen molar-refractivity contribution in [1.29, 1.82) is 0 Å². The maximum absolute atomic E-state index is 13.2. The van der Waals surface area contributed by atoms with Gasteiger partial charge in [-0.05, 0) is 45.0 Å². The Morgan fingerprint density at radius 2 is 1.83 bits per heavy atom. The van der Waals surface area contributed by atoms with E-state index in [0.717, 1.165) is 5.69 Å². The molecule has 0 saturated heterocycles. The van der Waals surface area contributed by atoms with Gasteiger partial charge in [-0.15, -0.1) is 0 Å². The van der Waals surface area contributed by atoms with Crippen LogP contribution in [0.2, 0.25) is 0 Å². The molecule has 8 heteroatoms. The number of ether oxygens (including phenoxy) is 1. The third kappa shape index (κ3) is 3.06. The summed E-state index contributed by atoms with van der Waals surface area (Å²) in [6, 6.07) is 10.2. The van der Waals surface area contributed by atoms with Crippen molar-refractivity contribution in [3.05, 3.63) is 76.1 Å². The summed E-state index contributed by atoms with van der Waals surface area (Å²) >= 11 is 0. The molecule has 4 rings (SSSR count). The van der Waals surface area contributed by atoms with Gasteiger partial charge >= 0.3 is 6.61 Å². The van der Waals surface area contributed by atoms with Crippen LogP contribution in [-0.2, 0) is 0 Å². The van der Waals surface area contributed by atoms with Gasteiger partial charge in [0, 0.05) is 28.5 Å². The van der Waals surface area contributed by atoms with E-state index in [4.69, 9.17) is 0 Å². The van der Waals surface area contributed by atoms with Gasteiger partial charge in [-0.2, -0.15) is 18.6 Å². The monoisotopic (exact) mass is 396 g/mol. The number of hydrogen-bond acceptors (Lipinski definition) is 4. The molecule has 4 aromatic rings. The number of rotatable bonds is 4. The SMILES string of the molecule is Cc1c(OC(F)F)cccc1-n1c(C)c2cnn(-c3ccccn3)c(=O)c2c1C. The molecule has 1 aromatic carbocycles. The van der Waals surface area contributed by atoms with Crippen LogP contribution in [0, 0.1) is 20.8 Å². The summed E-state index contributed by atoms with van der Waals surface area (Å²) in [7, 11) is 0. The van der Waals surface area contributed by atoms with Gasteiger partial charge in [0.15, 0.2) is 5.82 Å². The number of nitrogens with zero attached hydrogens (tertiary/aromatic N) is 4. The van der Waals surface area contributed by atoms with Gasteiger partial charge < -0.3 is 9.30 Å². The molecule has 0 aliphatic rings. The number of fused-ring (bicyclic) bond motifs is 1. The van der Waals surface area contributed by atoms with E-state index in [9.17, 15) is 13.6 Å². The second-order valence-corrected chi connectivity index (χ2v) is 6.62. The van der Waals surface area contributed by atoms with E-state index < -0.39 is 6.61 Å². The molecule has 0 saturated carbocycles. The van der Waals surface area contributed by atoms with Gasteiger partial charge in [-0.25, -0.2) is 4.98 Å². The van der Waals surface area contributed by atoms with Crippen LogP contribution in [0.5, 0.6) is 5.75 Å². The highest BCUT2D eigenvalue weighted by Crippen LogP contribution is 2.31. The molecule has 0 amide bonds. The molecule has 3 aromatic heterocycles. The smallest absolute Gasteiger partial charge is 0.387 e. The first-order valence-corrected chi connectivity index (χ1v) is 8.96. The van der Waals surface area contributed by atoms with Crippen LogP contribution in [0.15, 0.2) is 53.6 Å². The van der Waals surface area contributed by atoms with E-state index in [2.05, 4.69) is 14.8 Å². The van der Waals surface area contributed by atoms with Gasteiger partial charge in [0.2, 0.25) is 0 Å². The normalized spacial score (nSPS) is 11.4. The molecule has 6 nitrogen and oxygen atoms in total. The average molecular weight is 396 g/mol. The minimum Gasteiger partial charge on any atom is -0.434 e. The molecule has 0 bridgehead atoms. The topological polar surface area (TPSA) is 61.9 Å². The highest BCUT2D eigenvalue weighted by molar-refractivity contribution is 5.88. The summed E-state index contributed by atoms with van der Waals surface area (Å²) in [4.78, 5) is 17.4. The minimum absolute atomic E-state index is 0.0954. The highest BCUT2D eigenvalue weighted by Gasteiger charge is 2.20. The van der Waals surface area contributed by atoms with Crippen molar-refractivity contribution in [3.8, 4) is 17.3 Å². The molecule has 0 atom stereocenters. The van der Waals surface area contributed by atoms with Crippen LogP contribution < -0.4 is 10.3 Å². The van der Waals surface area contributed by atoms with Crippen molar-refractivity contribution in [1.82, 2.24) is 19.3 Å². The first-order valence-electron chi connectivity index (χ1n) is 8.96. The Labute approximate surface area is 165 Å². The van der Waals surface area contributed by atoms with Crippen molar-refractivity contribution in [2.45, 2.75) is 27.4 Å². The fraction of sp³-hybridized carbons (Fsp3) is 0.190. The van der Waals surface area contributed by atoms with Gasteiger partial charge in [0.25, 0.3) is 5.56 Å². The summed E-state index contributed by atoms with van der Waals surface area (Å²) in [6.45, 7) is 2.48. The average Bonchev–Trinajstić information content (AvgIpc) is 2.95. The summed E-state index contributed by atoms with van der Waals surface area (Å²) in [6.07, 6.45) is 3.22. The maximum atomic E-state index is 13.2. The summed E-state index contributed by atoms with van der Waals surface area (Å²) in [5, 5.41) is 5.47. The Kier molecular flexibility index (Phi) is 4.62. The van der Waals surface area contributed by atoms with E-state index >= 15 is 0 Å². The van der Waals surface area contributed by atoms with E-state index in [-0.39, 0.29) is 11.3 Å². The Balaban J connectivity index is 1.97. The first kappa shape index (κ1) is 18.8. The van der Waals surface area contributed by atoms with Crippen LogP contribution in [0.1, 0.15) is 17.0 Å². The molecular formula is C21H18F2N4O2. The number of halogens is 2. The number of hydrogen-bond donors (Lipinski definition) is 0. The van der Waals surface area contributed by atoms with Crippen LogP contribution in [-0.4, -0.2) is 25.9 Å². The molecule has 0 radical (unpaired) electrons. The fourth-order valence-electron chi connectivity index (χ4n) is 3.63. The zero-order valence-corrected chi connectivity index (χ0v) is 16.1. The lowest BCUT2D eigenvalue weighted by molar-refractivity contribution is -0.0502. The second kappa shape index (κ2) is 7.12. The molecule has 0 aliphatic heterocycles. The molecular weight excluding hydrogens is 378 g/mol. The zero-order chi connectivity index (χ0) is 20.7. The Morgan fingerprint density at radius 3 is 2.52 bits per heavy atom. The number of aryl methyl sites for hydroxylation is 2. The lowest BCUT2D eigenvalue weighted by Crippen LogP contribution is -2.21. The van der Waals surface area contributed by atoms with E-state index in [1.54, 1.807) is 49.6 Å². The Morgan fingerprint density at radius 1 is 1.03 bits per heavy atom. The van der Waals surface area contributed by atoms with E-state index in [0.29, 0.717) is 33.5 Å². The number of aromatic nitrogens is 4. The summed E-state index contributed by atoms with van der Waals surface area (Å²) < 4.78 is 33.2. The Bertz CT molecular complexity index is 1260. The van der Waals surface area contributed by atoms with Crippen molar-refractivity contribution in [2.75, 3.05) is 0 Å². The van der Waals surface area contributed by atoms with Gasteiger partial charge in [-0.1, -0.05) is 12.1 Å². The third-order valence-electron chi connectivity index (χ3n) is 4.98. The van der Waals surface area contributed by atoms with Gasteiger partial charge in [-0.3, -0.25) is 4.79 Å². The molecule has 3 heterocycles. The highest BCUT2D eigenvalue weighted by atomic mass is 19.3. The molecule has 0 N–H and O–H groups in total. The molecule has 0 aliphatic carbocycles. The number of alkyl halides is 2. The van der Waals surface area contributed by atoms with Crippen molar-refractivity contribution in [3.63, 3.8) is 0 Å². The first-order chi connectivity index (χ1) is 13.9. The molecule has 0 spiro atoms. The molecule has 148 valence electrons. The lowest BCUT2D eigenvalue weighted by Gasteiger charge is -2.15. The summed E-state index contributed by atoms with van der Waals surface area (Å²) in [5.41, 5.74) is 2.40. The van der Waals surface area contributed by atoms with Crippen molar-refractivity contribution >= 4 is 10.8 Å². The second-order valence-electron chi connectivity index (χ2n) is 6.62. The standard InChI is InChI=1S/C21H18F2N4O2/c1-12-16(7-6-8-17(12)29-21(22)23)26-13(2)15-11-25-27(18-9-4-5-10-24-18)20(28)19(15)14(26)3/h4-11,21H,1-3H3. The number of pyridine rings is 1. The molecule has 0 fully saturated rings. The zero-order valence-electron chi connectivity index (χ0n) is 16.1. The summed E-state index contributed by atoms with van der Waals surface area (Å²) in [5.74, 6) is 0.519. The van der Waals surface area contributed by atoms with E-state index in [1.165, 1.54) is 10.7 Å². The van der Waals surface area contributed by atoms with Crippen LogP contribution in [0.4, 0.5) is 8.78 Å². The quantitative estimate of drug-likeness (QED) is 0.521. The van der Waals surface area contributed by atoms with Crippen molar-refractivity contribution in [2.24, 2.45) is 0 Å². The van der Waals surface area contributed by atoms with Crippen LogP contribution >= 0.6 is 0 Å². The largest absolute Gasteiger partial charge is 0.434 e. The van der Waals surface area contributed by atoms with Crippen LogP contribution in [0.25, 0.3) is 22.3 Å². The molecule has 0 unspecified atom stereocenters. The van der Waals surface area contributed by atoms with E-state index in [1.807, 2.05) is 18.4 Å².